The average molecular weight is 292 g/mol. The number of aryl methyl sites for hydroxylation is 1. The molecule has 0 bridgehead atoms. The second kappa shape index (κ2) is 6.05. The van der Waals surface area contributed by atoms with Crippen LogP contribution in [0.25, 0.3) is 0 Å². The Labute approximate surface area is 127 Å². The Balaban J connectivity index is 1.73. The van der Waals surface area contributed by atoms with Crippen molar-refractivity contribution in [1.82, 2.24) is 20.3 Å². The average Bonchev–Trinajstić information content (AvgIpc) is 3.06. The molecule has 0 radical (unpaired) electrons. The largest absolute Gasteiger partial charge is 0.377 e. The zero-order valence-corrected chi connectivity index (χ0v) is 13.5. The molecule has 1 aliphatic carbocycles. The SMILES string of the molecule is CC(C)CNCC1(Cc2cn(C)nn2)CCOC1C1CC1. The number of rotatable bonds is 7. The maximum atomic E-state index is 6.13. The normalized spacial score (nSPS) is 29.4. The molecule has 5 heteroatoms. The summed E-state index contributed by atoms with van der Waals surface area (Å²) in [6, 6.07) is 0. The summed E-state index contributed by atoms with van der Waals surface area (Å²) < 4.78 is 7.93. The number of hydrogen-bond acceptors (Lipinski definition) is 4. The summed E-state index contributed by atoms with van der Waals surface area (Å²) in [6.07, 6.45) is 7.22. The van der Waals surface area contributed by atoms with Crippen LogP contribution in [0.2, 0.25) is 0 Å². The van der Waals surface area contributed by atoms with Gasteiger partial charge in [-0.2, -0.15) is 0 Å². The van der Waals surface area contributed by atoms with Crippen molar-refractivity contribution in [2.75, 3.05) is 19.7 Å². The maximum Gasteiger partial charge on any atom is 0.0834 e. The number of hydrogen-bond donors (Lipinski definition) is 1. The molecule has 2 fully saturated rings. The van der Waals surface area contributed by atoms with Gasteiger partial charge in [-0.3, -0.25) is 4.68 Å². The summed E-state index contributed by atoms with van der Waals surface area (Å²) in [5.41, 5.74) is 1.30. The van der Waals surface area contributed by atoms with E-state index in [0.29, 0.717) is 12.0 Å². The fourth-order valence-electron chi connectivity index (χ4n) is 3.63. The third kappa shape index (κ3) is 3.46. The number of nitrogens with zero attached hydrogens (tertiary/aromatic N) is 3. The monoisotopic (exact) mass is 292 g/mol. The predicted octanol–water partition coefficient (Wildman–Crippen LogP) is 1.79. The number of ether oxygens (including phenoxy) is 1. The first-order valence-electron chi connectivity index (χ1n) is 8.26. The van der Waals surface area contributed by atoms with Crippen LogP contribution in [0, 0.1) is 17.3 Å². The van der Waals surface area contributed by atoms with E-state index in [1.165, 1.54) is 12.8 Å². The first-order chi connectivity index (χ1) is 10.1. The van der Waals surface area contributed by atoms with E-state index in [2.05, 4.69) is 29.5 Å². The van der Waals surface area contributed by atoms with Crippen molar-refractivity contribution < 1.29 is 4.74 Å². The van der Waals surface area contributed by atoms with Crippen LogP contribution in [0.15, 0.2) is 6.20 Å². The van der Waals surface area contributed by atoms with Crippen LogP contribution in [0.1, 0.15) is 38.8 Å². The molecular weight excluding hydrogens is 264 g/mol. The van der Waals surface area contributed by atoms with Crippen molar-refractivity contribution >= 4 is 0 Å². The minimum atomic E-state index is 0.200. The van der Waals surface area contributed by atoms with Gasteiger partial charge in [0.1, 0.15) is 0 Å². The first kappa shape index (κ1) is 15.0. The first-order valence-corrected chi connectivity index (χ1v) is 8.26. The van der Waals surface area contributed by atoms with Crippen molar-refractivity contribution in [3.8, 4) is 0 Å². The van der Waals surface area contributed by atoms with Crippen molar-refractivity contribution in [1.29, 1.82) is 0 Å². The van der Waals surface area contributed by atoms with E-state index >= 15 is 0 Å². The van der Waals surface area contributed by atoms with Crippen LogP contribution < -0.4 is 5.32 Å². The van der Waals surface area contributed by atoms with Crippen molar-refractivity contribution in [3.63, 3.8) is 0 Å². The molecule has 1 aromatic rings. The van der Waals surface area contributed by atoms with Gasteiger partial charge in [-0.15, -0.1) is 5.10 Å². The van der Waals surface area contributed by atoms with Crippen molar-refractivity contribution in [2.45, 2.75) is 45.6 Å². The summed E-state index contributed by atoms with van der Waals surface area (Å²) in [7, 11) is 1.93. The molecular formula is C16H28N4O. The van der Waals surface area contributed by atoms with E-state index in [-0.39, 0.29) is 5.41 Å². The van der Waals surface area contributed by atoms with Gasteiger partial charge >= 0.3 is 0 Å². The van der Waals surface area contributed by atoms with E-state index in [1.807, 2.05) is 13.2 Å². The molecule has 1 aromatic heterocycles. The Morgan fingerprint density at radius 3 is 2.90 bits per heavy atom. The highest BCUT2D eigenvalue weighted by Gasteiger charge is 2.50. The Hall–Kier alpha value is -0.940. The second-order valence-electron chi connectivity index (χ2n) is 7.33. The molecule has 0 amide bonds. The summed E-state index contributed by atoms with van der Waals surface area (Å²) in [6.45, 7) is 7.51. The molecule has 3 rings (SSSR count). The quantitative estimate of drug-likeness (QED) is 0.832. The Bertz CT molecular complexity index is 469. The molecule has 0 aromatic carbocycles. The molecule has 2 aliphatic rings. The fraction of sp³-hybridized carbons (Fsp3) is 0.875. The zero-order chi connectivity index (χ0) is 14.9. The Morgan fingerprint density at radius 2 is 2.29 bits per heavy atom. The molecule has 118 valence electrons. The van der Waals surface area contributed by atoms with Gasteiger partial charge in [0.15, 0.2) is 0 Å². The van der Waals surface area contributed by atoms with Crippen LogP contribution in [0.3, 0.4) is 0 Å². The van der Waals surface area contributed by atoms with Gasteiger partial charge in [0.25, 0.3) is 0 Å². The number of aromatic nitrogens is 3. The smallest absolute Gasteiger partial charge is 0.0834 e. The van der Waals surface area contributed by atoms with E-state index < -0.39 is 0 Å². The molecule has 21 heavy (non-hydrogen) atoms. The van der Waals surface area contributed by atoms with Crippen LogP contribution in [-0.4, -0.2) is 40.8 Å². The van der Waals surface area contributed by atoms with Gasteiger partial charge in [0.05, 0.1) is 11.8 Å². The van der Waals surface area contributed by atoms with Crippen LogP contribution in [0.5, 0.6) is 0 Å². The molecule has 0 spiro atoms. The highest BCUT2D eigenvalue weighted by molar-refractivity contribution is 5.07. The summed E-state index contributed by atoms with van der Waals surface area (Å²) in [4.78, 5) is 0. The van der Waals surface area contributed by atoms with E-state index in [0.717, 1.165) is 44.1 Å². The molecule has 1 saturated carbocycles. The van der Waals surface area contributed by atoms with Crippen LogP contribution in [0.4, 0.5) is 0 Å². The lowest BCUT2D eigenvalue weighted by molar-refractivity contribution is 0.0300. The topological polar surface area (TPSA) is 52.0 Å². The van der Waals surface area contributed by atoms with Crippen LogP contribution in [-0.2, 0) is 18.2 Å². The second-order valence-corrected chi connectivity index (χ2v) is 7.33. The van der Waals surface area contributed by atoms with Gasteiger partial charge in [0, 0.05) is 38.2 Å². The summed E-state index contributed by atoms with van der Waals surface area (Å²) >= 11 is 0. The molecule has 5 nitrogen and oxygen atoms in total. The third-order valence-corrected chi connectivity index (χ3v) is 4.76. The molecule has 2 heterocycles. The van der Waals surface area contributed by atoms with Gasteiger partial charge in [-0.1, -0.05) is 19.1 Å². The minimum absolute atomic E-state index is 0.200. The highest BCUT2D eigenvalue weighted by Crippen LogP contribution is 2.49. The summed E-state index contributed by atoms with van der Waals surface area (Å²) in [5.74, 6) is 1.45. The van der Waals surface area contributed by atoms with E-state index in [4.69, 9.17) is 4.74 Å². The number of nitrogens with one attached hydrogen (secondary N) is 1. The van der Waals surface area contributed by atoms with Gasteiger partial charge < -0.3 is 10.1 Å². The highest BCUT2D eigenvalue weighted by atomic mass is 16.5. The lowest BCUT2D eigenvalue weighted by atomic mass is 9.75. The minimum Gasteiger partial charge on any atom is -0.377 e. The van der Waals surface area contributed by atoms with E-state index in [9.17, 15) is 0 Å². The van der Waals surface area contributed by atoms with Gasteiger partial charge in [0.2, 0.25) is 0 Å². The fourth-order valence-corrected chi connectivity index (χ4v) is 3.63. The van der Waals surface area contributed by atoms with Gasteiger partial charge in [-0.25, -0.2) is 0 Å². The third-order valence-electron chi connectivity index (χ3n) is 4.76. The maximum absolute atomic E-state index is 6.13. The van der Waals surface area contributed by atoms with Crippen molar-refractivity contribution in [2.24, 2.45) is 24.3 Å². The molecule has 2 atom stereocenters. The Kier molecular flexibility index (Phi) is 4.31. The molecule has 2 unspecified atom stereocenters. The summed E-state index contributed by atoms with van der Waals surface area (Å²) in [5, 5.41) is 12.1. The molecule has 1 saturated heterocycles. The molecule has 1 aliphatic heterocycles. The predicted molar refractivity (Wildman–Crippen MR) is 81.9 cm³/mol. The molecule has 1 N–H and O–H groups in total. The van der Waals surface area contributed by atoms with E-state index in [1.54, 1.807) is 4.68 Å². The van der Waals surface area contributed by atoms with Gasteiger partial charge in [-0.05, 0) is 37.6 Å². The standard InChI is InChI=1S/C16H28N4O/c1-12(2)9-17-11-16(8-14-10-20(3)19-18-14)6-7-21-15(16)13-4-5-13/h10,12-13,15,17H,4-9,11H2,1-3H3. The lowest BCUT2D eigenvalue weighted by Gasteiger charge is -2.34. The van der Waals surface area contributed by atoms with Crippen molar-refractivity contribution in [3.05, 3.63) is 11.9 Å². The van der Waals surface area contributed by atoms with Crippen LogP contribution >= 0.6 is 0 Å². The zero-order valence-electron chi connectivity index (χ0n) is 13.5. The Morgan fingerprint density at radius 1 is 1.48 bits per heavy atom. The lowest BCUT2D eigenvalue weighted by Crippen LogP contribution is -2.44.